The van der Waals surface area contributed by atoms with Crippen molar-refractivity contribution in [2.24, 2.45) is 5.92 Å². The van der Waals surface area contributed by atoms with Gasteiger partial charge >= 0.3 is 0 Å². The van der Waals surface area contributed by atoms with Crippen molar-refractivity contribution in [1.82, 2.24) is 5.32 Å². The average molecular weight is 320 g/mol. The number of carbonyl (C=O) groups excluding carboxylic acids is 2. The lowest BCUT2D eigenvalue weighted by Crippen LogP contribution is -2.27. The third kappa shape index (κ3) is 3.04. The Morgan fingerprint density at radius 3 is 2.42 bits per heavy atom. The number of hydrogen-bond acceptors (Lipinski definition) is 2. The Kier molecular flexibility index (Phi) is 3.81. The molecule has 122 valence electrons. The van der Waals surface area contributed by atoms with E-state index in [0.29, 0.717) is 5.56 Å². The second-order valence-corrected chi connectivity index (χ2v) is 6.60. The number of nitrogens with one attached hydrogen (secondary N) is 2. The van der Waals surface area contributed by atoms with Crippen molar-refractivity contribution >= 4 is 17.5 Å². The quantitative estimate of drug-likeness (QED) is 0.906. The standard InChI is InChI=1S/C20H20N2O2/c23-19(14-5-6-14)21-16-10-7-15(8-11-16)20(24)22-18-12-9-13-3-1-2-4-17(13)18/h1-4,7-8,10-11,14,18H,5-6,9,12H2,(H,21,23)(H,22,24). The maximum absolute atomic E-state index is 12.5. The summed E-state index contributed by atoms with van der Waals surface area (Å²) in [4.78, 5) is 24.2. The van der Waals surface area contributed by atoms with Gasteiger partial charge in [0.25, 0.3) is 5.91 Å². The monoisotopic (exact) mass is 320 g/mol. The summed E-state index contributed by atoms with van der Waals surface area (Å²) in [7, 11) is 0. The summed E-state index contributed by atoms with van der Waals surface area (Å²) in [5.74, 6) is 0.182. The fourth-order valence-electron chi connectivity index (χ4n) is 3.24. The molecule has 0 aliphatic heterocycles. The zero-order valence-corrected chi connectivity index (χ0v) is 13.4. The van der Waals surface area contributed by atoms with Gasteiger partial charge in [0.15, 0.2) is 0 Å². The predicted molar refractivity (Wildman–Crippen MR) is 92.8 cm³/mol. The number of amides is 2. The molecule has 1 saturated carbocycles. The van der Waals surface area contributed by atoms with Gasteiger partial charge in [-0.3, -0.25) is 9.59 Å². The normalized spacial score (nSPS) is 18.8. The molecule has 4 nitrogen and oxygen atoms in total. The van der Waals surface area contributed by atoms with E-state index >= 15 is 0 Å². The van der Waals surface area contributed by atoms with E-state index < -0.39 is 0 Å². The minimum absolute atomic E-state index is 0.0724. The molecule has 2 amide bonds. The fraction of sp³-hybridized carbons (Fsp3) is 0.300. The highest BCUT2D eigenvalue weighted by Crippen LogP contribution is 2.31. The molecule has 4 heteroatoms. The summed E-state index contributed by atoms with van der Waals surface area (Å²) in [5.41, 5.74) is 3.90. The van der Waals surface area contributed by atoms with E-state index in [1.165, 1.54) is 11.1 Å². The van der Waals surface area contributed by atoms with E-state index in [-0.39, 0.29) is 23.8 Å². The molecular formula is C20H20N2O2. The first-order valence-electron chi connectivity index (χ1n) is 8.50. The Labute approximate surface area is 141 Å². The first kappa shape index (κ1) is 14.9. The van der Waals surface area contributed by atoms with E-state index in [0.717, 1.165) is 31.4 Å². The lowest BCUT2D eigenvalue weighted by Gasteiger charge is -2.14. The molecule has 2 aromatic rings. The van der Waals surface area contributed by atoms with E-state index in [2.05, 4.69) is 22.8 Å². The van der Waals surface area contributed by atoms with Gasteiger partial charge in [-0.25, -0.2) is 0 Å². The van der Waals surface area contributed by atoms with Crippen molar-refractivity contribution in [3.05, 3.63) is 65.2 Å². The zero-order chi connectivity index (χ0) is 16.5. The lowest BCUT2D eigenvalue weighted by atomic mass is 10.1. The number of rotatable bonds is 4. The van der Waals surface area contributed by atoms with Crippen LogP contribution in [0.1, 0.15) is 46.8 Å². The molecule has 2 aromatic carbocycles. The van der Waals surface area contributed by atoms with Gasteiger partial charge in [0.2, 0.25) is 5.91 Å². The van der Waals surface area contributed by atoms with Gasteiger partial charge in [-0.2, -0.15) is 0 Å². The van der Waals surface area contributed by atoms with Crippen molar-refractivity contribution in [3.8, 4) is 0 Å². The summed E-state index contributed by atoms with van der Waals surface area (Å²) in [5, 5.41) is 6.00. The summed E-state index contributed by atoms with van der Waals surface area (Å²) in [6, 6.07) is 15.5. The maximum atomic E-state index is 12.5. The smallest absolute Gasteiger partial charge is 0.251 e. The van der Waals surface area contributed by atoms with E-state index in [1.807, 2.05) is 12.1 Å². The van der Waals surface area contributed by atoms with E-state index in [9.17, 15) is 9.59 Å². The van der Waals surface area contributed by atoms with Gasteiger partial charge in [-0.1, -0.05) is 24.3 Å². The minimum Gasteiger partial charge on any atom is -0.345 e. The Bertz CT molecular complexity index is 778. The Hall–Kier alpha value is -2.62. The van der Waals surface area contributed by atoms with Gasteiger partial charge in [-0.15, -0.1) is 0 Å². The molecule has 1 atom stereocenters. The van der Waals surface area contributed by atoms with Crippen LogP contribution in [-0.2, 0) is 11.2 Å². The van der Waals surface area contributed by atoms with Crippen LogP contribution in [0.4, 0.5) is 5.69 Å². The van der Waals surface area contributed by atoms with Crippen LogP contribution in [0, 0.1) is 5.92 Å². The number of aryl methyl sites for hydroxylation is 1. The van der Waals surface area contributed by atoms with Crippen molar-refractivity contribution < 1.29 is 9.59 Å². The van der Waals surface area contributed by atoms with Crippen LogP contribution in [0.25, 0.3) is 0 Å². The molecule has 4 rings (SSSR count). The highest BCUT2D eigenvalue weighted by molar-refractivity contribution is 5.97. The first-order valence-corrected chi connectivity index (χ1v) is 8.50. The largest absolute Gasteiger partial charge is 0.345 e. The SMILES string of the molecule is O=C(NC1CCc2ccccc21)c1ccc(NC(=O)C2CC2)cc1. The highest BCUT2D eigenvalue weighted by Gasteiger charge is 2.29. The Balaban J connectivity index is 1.40. The third-order valence-electron chi connectivity index (χ3n) is 4.80. The second kappa shape index (κ2) is 6.11. The predicted octanol–water partition coefficient (Wildman–Crippen LogP) is 3.45. The molecule has 2 aliphatic carbocycles. The van der Waals surface area contributed by atoms with Crippen LogP contribution in [0.5, 0.6) is 0 Å². The van der Waals surface area contributed by atoms with Gasteiger partial charge in [0.05, 0.1) is 6.04 Å². The lowest BCUT2D eigenvalue weighted by molar-refractivity contribution is -0.117. The summed E-state index contributed by atoms with van der Waals surface area (Å²) < 4.78 is 0. The van der Waals surface area contributed by atoms with Gasteiger partial charge in [0, 0.05) is 17.2 Å². The number of fused-ring (bicyclic) bond motifs is 1. The number of hydrogen-bond donors (Lipinski definition) is 2. The van der Waals surface area contributed by atoms with Crippen LogP contribution in [-0.4, -0.2) is 11.8 Å². The van der Waals surface area contributed by atoms with Crippen LogP contribution in [0.15, 0.2) is 48.5 Å². The zero-order valence-electron chi connectivity index (χ0n) is 13.4. The van der Waals surface area contributed by atoms with Gasteiger partial charge in [0.1, 0.15) is 0 Å². The molecule has 0 bridgehead atoms. The number of anilines is 1. The molecule has 0 heterocycles. The molecule has 0 spiro atoms. The summed E-state index contributed by atoms with van der Waals surface area (Å²) in [6.07, 6.45) is 3.91. The average Bonchev–Trinajstić information content (AvgIpc) is 3.38. The van der Waals surface area contributed by atoms with Crippen LogP contribution >= 0.6 is 0 Å². The van der Waals surface area contributed by atoms with Crippen LogP contribution in [0.2, 0.25) is 0 Å². The highest BCUT2D eigenvalue weighted by atomic mass is 16.2. The molecular weight excluding hydrogens is 300 g/mol. The Morgan fingerprint density at radius 2 is 1.67 bits per heavy atom. The summed E-state index contributed by atoms with van der Waals surface area (Å²) >= 11 is 0. The third-order valence-corrected chi connectivity index (χ3v) is 4.80. The van der Waals surface area contributed by atoms with Crippen molar-refractivity contribution in [3.63, 3.8) is 0 Å². The van der Waals surface area contributed by atoms with E-state index in [1.54, 1.807) is 24.3 Å². The van der Waals surface area contributed by atoms with Crippen LogP contribution < -0.4 is 10.6 Å². The van der Waals surface area contributed by atoms with Crippen molar-refractivity contribution in [2.45, 2.75) is 31.7 Å². The molecule has 0 saturated heterocycles. The van der Waals surface area contributed by atoms with E-state index in [4.69, 9.17) is 0 Å². The first-order chi connectivity index (χ1) is 11.7. The molecule has 2 aliphatic rings. The molecule has 1 unspecified atom stereocenters. The topological polar surface area (TPSA) is 58.2 Å². The van der Waals surface area contributed by atoms with Crippen molar-refractivity contribution in [1.29, 1.82) is 0 Å². The molecule has 2 N–H and O–H groups in total. The molecule has 24 heavy (non-hydrogen) atoms. The van der Waals surface area contributed by atoms with Crippen molar-refractivity contribution in [2.75, 3.05) is 5.32 Å². The molecule has 1 fully saturated rings. The van der Waals surface area contributed by atoms with Gasteiger partial charge in [-0.05, 0) is 61.1 Å². The van der Waals surface area contributed by atoms with Crippen LogP contribution in [0.3, 0.4) is 0 Å². The Morgan fingerprint density at radius 1 is 0.917 bits per heavy atom. The maximum Gasteiger partial charge on any atom is 0.251 e. The number of benzene rings is 2. The fourth-order valence-corrected chi connectivity index (χ4v) is 3.24. The molecule has 0 aromatic heterocycles. The second-order valence-electron chi connectivity index (χ2n) is 6.60. The summed E-state index contributed by atoms with van der Waals surface area (Å²) in [6.45, 7) is 0. The van der Waals surface area contributed by atoms with Gasteiger partial charge < -0.3 is 10.6 Å². The molecule has 0 radical (unpaired) electrons. The number of carbonyl (C=O) groups is 2. The minimum atomic E-state index is -0.0724.